The molecule has 4 nitrogen and oxygen atoms in total. The van der Waals surface area contributed by atoms with E-state index in [1.807, 2.05) is 0 Å². The van der Waals surface area contributed by atoms with Gasteiger partial charge < -0.3 is 5.11 Å². The zero-order chi connectivity index (χ0) is 16.1. The third-order valence-corrected chi connectivity index (χ3v) is 4.44. The van der Waals surface area contributed by atoms with E-state index in [9.17, 15) is 8.42 Å². The van der Waals surface area contributed by atoms with Crippen molar-refractivity contribution < 1.29 is 13.5 Å². The lowest BCUT2D eigenvalue weighted by Gasteiger charge is -2.18. The molecule has 0 saturated carbocycles. The van der Waals surface area contributed by atoms with Crippen LogP contribution in [0.3, 0.4) is 0 Å². The minimum atomic E-state index is -3.49. The van der Waals surface area contributed by atoms with E-state index in [1.54, 1.807) is 19.1 Å². The molecule has 0 heterocycles. The molecule has 1 rings (SSSR count). The lowest BCUT2D eigenvalue weighted by molar-refractivity contribution is 0.350. The highest BCUT2D eigenvalue weighted by atomic mass is 32.2. The van der Waals surface area contributed by atoms with E-state index in [1.165, 1.54) is 6.07 Å². The van der Waals surface area contributed by atoms with E-state index in [0.29, 0.717) is 6.54 Å². The van der Waals surface area contributed by atoms with Crippen LogP contribution in [0.4, 0.5) is 0 Å². The molecule has 116 valence electrons. The average Bonchev–Trinajstić information content (AvgIpc) is 2.35. The largest absolute Gasteiger partial charge is 0.384 e. The second-order valence-corrected chi connectivity index (χ2v) is 7.91. The molecule has 0 spiro atoms. The van der Waals surface area contributed by atoms with Crippen molar-refractivity contribution in [3.63, 3.8) is 0 Å². The third-order valence-electron chi connectivity index (χ3n) is 2.98. The van der Waals surface area contributed by atoms with Crippen LogP contribution in [0.25, 0.3) is 0 Å². The van der Waals surface area contributed by atoms with Crippen molar-refractivity contribution in [2.75, 3.05) is 13.2 Å². The minimum Gasteiger partial charge on any atom is -0.384 e. The number of hydrogen-bond donors (Lipinski definition) is 2. The maximum atomic E-state index is 12.2. The van der Waals surface area contributed by atoms with Gasteiger partial charge in [0, 0.05) is 12.1 Å². The summed E-state index contributed by atoms with van der Waals surface area (Å²) in [5.41, 5.74) is 1.58. The molecule has 1 aromatic rings. The normalized spacial score (nSPS) is 11.9. The van der Waals surface area contributed by atoms with E-state index in [2.05, 4.69) is 37.3 Å². The van der Waals surface area contributed by atoms with Gasteiger partial charge in [-0.3, -0.25) is 0 Å². The Kier molecular flexibility index (Phi) is 5.97. The molecule has 0 aliphatic rings. The number of sulfonamides is 1. The van der Waals surface area contributed by atoms with Gasteiger partial charge in [0.1, 0.15) is 6.61 Å². The summed E-state index contributed by atoms with van der Waals surface area (Å²) >= 11 is 0. The van der Waals surface area contributed by atoms with E-state index >= 15 is 0 Å². The summed E-state index contributed by atoms with van der Waals surface area (Å²) in [6, 6.07) is 4.80. The van der Waals surface area contributed by atoms with Crippen LogP contribution in [0.2, 0.25) is 0 Å². The highest BCUT2D eigenvalue weighted by molar-refractivity contribution is 7.89. The van der Waals surface area contributed by atoms with Gasteiger partial charge in [-0.2, -0.15) is 0 Å². The standard InChI is InChI=1S/C16H23NO3S/c1-13-12-15(8-7-14(13)6-5-11-18)21(19,20)17-10-9-16(2,3)4/h7-8,12,17-18H,9-11H2,1-4H3. The Bertz CT molecular complexity index is 646. The van der Waals surface area contributed by atoms with Gasteiger partial charge in [0.25, 0.3) is 0 Å². The van der Waals surface area contributed by atoms with E-state index < -0.39 is 10.0 Å². The molecule has 0 unspecified atom stereocenters. The first-order valence-corrected chi connectivity index (χ1v) is 8.34. The van der Waals surface area contributed by atoms with Crippen LogP contribution in [-0.4, -0.2) is 26.7 Å². The van der Waals surface area contributed by atoms with Gasteiger partial charge in [0.15, 0.2) is 0 Å². The van der Waals surface area contributed by atoms with Crippen molar-refractivity contribution in [1.29, 1.82) is 0 Å². The molecule has 0 radical (unpaired) electrons. The molecule has 0 aliphatic heterocycles. The van der Waals surface area contributed by atoms with Crippen LogP contribution >= 0.6 is 0 Å². The second kappa shape index (κ2) is 7.08. The number of aliphatic hydroxyl groups excluding tert-OH is 1. The van der Waals surface area contributed by atoms with Crippen LogP contribution in [0.1, 0.15) is 38.3 Å². The Hall–Kier alpha value is -1.35. The fraction of sp³-hybridized carbons (Fsp3) is 0.500. The highest BCUT2D eigenvalue weighted by Gasteiger charge is 2.16. The second-order valence-electron chi connectivity index (χ2n) is 6.15. The number of aliphatic hydroxyl groups is 1. The first-order valence-electron chi connectivity index (χ1n) is 6.86. The predicted molar refractivity (Wildman–Crippen MR) is 84.4 cm³/mol. The van der Waals surface area contributed by atoms with E-state index in [-0.39, 0.29) is 16.9 Å². The van der Waals surface area contributed by atoms with Gasteiger partial charge in [-0.1, -0.05) is 32.6 Å². The summed E-state index contributed by atoms with van der Waals surface area (Å²) in [4.78, 5) is 0.239. The number of aryl methyl sites for hydroxylation is 1. The lowest BCUT2D eigenvalue weighted by Crippen LogP contribution is -2.27. The van der Waals surface area contributed by atoms with Crippen molar-refractivity contribution in [3.8, 4) is 11.8 Å². The summed E-state index contributed by atoms with van der Waals surface area (Å²) in [5, 5.41) is 8.69. The highest BCUT2D eigenvalue weighted by Crippen LogP contribution is 2.18. The first kappa shape index (κ1) is 17.7. The molecule has 1 aromatic carbocycles. The fourth-order valence-electron chi connectivity index (χ4n) is 1.72. The molecule has 0 aromatic heterocycles. The Balaban J connectivity index is 2.87. The molecule has 0 bridgehead atoms. The molecular weight excluding hydrogens is 286 g/mol. The maximum Gasteiger partial charge on any atom is 0.240 e. The quantitative estimate of drug-likeness (QED) is 0.837. The smallest absolute Gasteiger partial charge is 0.240 e. The zero-order valence-electron chi connectivity index (χ0n) is 13.0. The molecule has 0 atom stereocenters. The van der Waals surface area contributed by atoms with Gasteiger partial charge in [-0.15, -0.1) is 0 Å². The number of hydrogen-bond acceptors (Lipinski definition) is 3. The zero-order valence-corrected chi connectivity index (χ0v) is 13.8. The van der Waals surface area contributed by atoms with Crippen molar-refractivity contribution in [2.24, 2.45) is 5.41 Å². The summed E-state index contributed by atoms with van der Waals surface area (Å²) in [5.74, 6) is 5.34. The van der Waals surface area contributed by atoms with Gasteiger partial charge in [-0.05, 0) is 42.5 Å². The summed E-state index contributed by atoms with van der Waals surface area (Å²) < 4.78 is 27.0. The van der Waals surface area contributed by atoms with Crippen LogP contribution in [0.5, 0.6) is 0 Å². The summed E-state index contributed by atoms with van der Waals surface area (Å²) in [7, 11) is -3.49. The number of nitrogens with one attached hydrogen (secondary N) is 1. The average molecular weight is 309 g/mol. The Labute approximate surface area is 127 Å². The molecule has 2 N–H and O–H groups in total. The van der Waals surface area contributed by atoms with Crippen molar-refractivity contribution in [1.82, 2.24) is 4.72 Å². The Morgan fingerprint density at radius 3 is 2.48 bits per heavy atom. The van der Waals surface area contributed by atoms with E-state index in [4.69, 9.17) is 5.11 Å². The van der Waals surface area contributed by atoms with Crippen LogP contribution in [-0.2, 0) is 10.0 Å². The molecule has 5 heteroatoms. The Morgan fingerprint density at radius 1 is 1.29 bits per heavy atom. The third kappa shape index (κ3) is 5.88. The Morgan fingerprint density at radius 2 is 1.95 bits per heavy atom. The maximum absolute atomic E-state index is 12.2. The van der Waals surface area contributed by atoms with Crippen LogP contribution in [0, 0.1) is 24.2 Å². The van der Waals surface area contributed by atoms with Crippen molar-refractivity contribution >= 4 is 10.0 Å². The molecule has 0 fully saturated rings. The minimum absolute atomic E-state index is 0.0855. The lowest BCUT2D eigenvalue weighted by atomic mass is 9.93. The van der Waals surface area contributed by atoms with Gasteiger partial charge in [0.2, 0.25) is 10.0 Å². The van der Waals surface area contributed by atoms with Gasteiger partial charge in [0.05, 0.1) is 4.90 Å². The van der Waals surface area contributed by atoms with Gasteiger partial charge in [-0.25, -0.2) is 13.1 Å². The molecule has 0 saturated heterocycles. The SMILES string of the molecule is Cc1cc(S(=O)(=O)NCCC(C)(C)C)ccc1C#CCO. The van der Waals surface area contributed by atoms with Crippen molar-refractivity contribution in [2.45, 2.75) is 39.0 Å². The van der Waals surface area contributed by atoms with Gasteiger partial charge >= 0.3 is 0 Å². The monoisotopic (exact) mass is 309 g/mol. The molecule has 0 amide bonds. The predicted octanol–water partition coefficient (Wildman–Crippen LogP) is 2.05. The molecular formula is C16H23NO3S. The summed E-state index contributed by atoms with van der Waals surface area (Å²) in [6.07, 6.45) is 0.769. The fourth-order valence-corrected chi connectivity index (χ4v) is 2.84. The summed E-state index contributed by atoms with van der Waals surface area (Å²) in [6.45, 7) is 8.21. The number of rotatable bonds is 4. The van der Waals surface area contributed by atoms with Crippen LogP contribution < -0.4 is 4.72 Å². The van der Waals surface area contributed by atoms with Crippen LogP contribution in [0.15, 0.2) is 23.1 Å². The number of benzene rings is 1. The van der Waals surface area contributed by atoms with Crippen molar-refractivity contribution in [3.05, 3.63) is 29.3 Å². The molecule has 0 aliphatic carbocycles. The topological polar surface area (TPSA) is 66.4 Å². The van der Waals surface area contributed by atoms with E-state index in [0.717, 1.165) is 17.5 Å². The first-order chi connectivity index (χ1) is 9.65. The molecule has 21 heavy (non-hydrogen) atoms.